The van der Waals surface area contributed by atoms with Crippen molar-refractivity contribution >= 4 is 38.6 Å². The Morgan fingerprint density at radius 2 is 1.74 bits per heavy atom. The maximum Gasteiger partial charge on any atom is 0.263 e. The molecule has 7 rings (SSSR count). The van der Waals surface area contributed by atoms with Gasteiger partial charge in [0.15, 0.2) is 0 Å². The van der Waals surface area contributed by atoms with Crippen molar-refractivity contribution in [1.82, 2.24) is 24.2 Å². The van der Waals surface area contributed by atoms with Gasteiger partial charge in [-0.1, -0.05) is 40.8 Å². The molecule has 3 fully saturated rings. The second-order valence-corrected chi connectivity index (χ2v) is 15.8. The molecule has 0 aliphatic carbocycles. The number of hydrogen-bond acceptors (Lipinski definition) is 6. The lowest BCUT2D eigenvalue weighted by Crippen LogP contribution is -2.49. The fourth-order valence-corrected chi connectivity index (χ4v) is 10.2. The van der Waals surface area contributed by atoms with E-state index in [1.165, 1.54) is 16.5 Å². The summed E-state index contributed by atoms with van der Waals surface area (Å²) in [5.41, 5.74) is 2.21. The Bertz CT molecular complexity index is 2000. The molecular formula is C37H42ClF2N5O4S. The molecule has 3 aromatic carbocycles. The summed E-state index contributed by atoms with van der Waals surface area (Å²) in [5.74, 6) is -0.852. The van der Waals surface area contributed by atoms with Gasteiger partial charge in [-0.15, -0.1) is 0 Å². The summed E-state index contributed by atoms with van der Waals surface area (Å²) in [7, 11) is -4.25. The second kappa shape index (κ2) is 14.0. The van der Waals surface area contributed by atoms with Crippen molar-refractivity contribution < 1.29 is 26.8 Å². The van der Waals surface area contributed by atoms with E-state index in [0.29, 0.717) is 31.0 Å². The minimum Gasteiger partial charge on any atom is -0.338 e. The number of sulfonamides is 1. The molecule has 9 nitrogen and oxygen atoms in total. The number of nitrogens with one attached hydrogen (secondary N) is 1. The molecule has 0 spiro atoms. The van der Waals surface area contributed by atoms with Gasteiger partial charge in [-0.3, -0.25) is 14.5 Å². The number of hydrogen-bond donors (Lipinski definition) is 1. The number of imidazole rings is 1. The van der Waals surface area contributed by atoms with Crippen LogP contribution in [0.4, 0.5) is 8.78 Å². The van der Waals surface area contributed by atoms with Crippen LogP contribution >= 0.6 is 11.6 Å². The molecule has 3 aliphatic heterocycles. The summed E-state index contributed by atoms with van der Waals surface area (Å²) in [5, 5.41) is -0.498. The zero-order chi connectivity index (χ0) is 35.2. The average Bonchev–Trinajstić information content (AvgIpc) is 3.56. The Kier molecular flexibility index (Phi) is 9.77. The van der Waals surface area contributed by atoms with Gasteiger partial charge in [0.05, 0.1) is 28.2 Å². The Morgan fingerprint density at radius 1 is 1.02 bits per heavy atom. The van der Waals surface area contributed by atoms with Gasteiger partial charge in [0.25, 0.3) is 15.9 Å². The van der Waals surface area contributed by atoms with Gasteiger partial charge in [-0.05, 0) is 113 Å². The molecule has 13 heteroatoms. The largest absolute Gasteiger partial charge is 0.338 e. The van der Waals surface area contributed by atoms with Gasteiger partial charge in [0.2, 0.25) is 0 Å². The SMILES string of the molecule is CCONS(=O)(=O)c1ccc(F)c(C(=O)N2CCC(CCN3[C@@H]4CC[C@H]3CC(n3c(C)nc5ccccc53)C4)(c3cccc(F)c3)CC2)c1Cl. The van der Waals surface area contributed by atoms with Crippen molar-refractivity contribution in [3.63, 3.8) is 0 Å². The fraction of sp³-hybridized carbons (Fsp3) is 0.459. The molecular weight excluding hydrogens is 684 g/mol. The van der Waals surface area contributed by atoms with Crippen LogP contribution in [0.3, 0.4) is 0 Å². The monoisotopic (exact) mass is 725 g/mol. The van der Waals surface area contributed by atoms with Crippen molar-refractivity contribution in [2.45, 2.75) is 87.2 Å². The standard InChI is InChI=1S/C37H42ClF2N5O4S/c1-3-49-42-50(47,48)33-14-13-30(40)34(35(33)38)36(46)43-18-15-37(16-19-43,25-7-6-8-26(39)21-25)17-20-44-27-11-12-28(44)23-29(22-27)45-24(2)41-31-9-4-5-10-32(31)45/h4-10,13-14,21,27-29,42H,3,11-12,15-20,22-23H2,1-2H3/t27-,28+,29?. The highest BCUT2D eigenvalue weighted by atomic mass is 35.5. The lowest BCUT2D eigenvalue weighted by Gasteiger charge is -2.45. The quantitative estimate of drug-likeness (QED) is 0.178. The topological polar surface area (TPSA) is 96.8 Å². The van der Waals surface area contributed by atoms with Crippen molar-refractivity contribution in [3.05, 3.63) is 94.3 Å². The Labute approximate surface area is 296 Å². The molecule has 2 bridgehead atoms. The van der Waals surface area contributed by atoms with Crippen LogP contribution in [0.1, 0.15) is 79.7 Å². The number of aryl methyl sites for hydroxylation is 1. The Morgan fingerprint density at radius 3 is 2.44 bits per heavy atom. The van der Waals surface area contributed by atoms with Crippen LogP contribution in [0.15, 0.2) is 65.6 Å². The van der Waals surface area contributed by atoms with Crippen molar-refractivity contribution in [1.29, 1.82) is 0 Å². The van der Waals surface area contributed by atoms with Gasteiger partial charge >= 0.3 is 0 Å². The molecule has 3 aliphatic rings. The Balaban J connectivity index is 1.08. The zero-order valence-electron chi connectivity index (χ0n) is 28.2. The molecule has 266 valence electrons. The zero-order valence-corrected chi connectivity index (χ0v) is 29.8. The van der Waals surface area contributed by atoms with Crippen LogP contribution in [0.25, 0.3) is 11.0 Å². The number of benzene rings is 3. The second-order valence-electron chi connectivity index (χ2n) is 13.9. The minimum atomic E-state index is -4.25. The number of carbonyl (C=O) groups is 1. The van der Waals surface area contributed by atoms with Crippen molar-refractivity contribution in [3.8, 4) is 0 Å². The summed E-state index contributed by atoms with van der Waals surface area (Å²) < 4.78 is 57.7. The van der Waals surface area contributed by atoms with E-state index in [1.807, 2.05) is 17.0 Å². The molecule has 1 unspecified atom stereocenters. The Hall–Kier alpha value is -3.42. The summed E-state index contributed by atoms with van der Waals surface area (Å²) in [6.07, 6.45) is 6.25. The molecule has 4 heterocycles. The maximum absolute atomic E-state index is 15.1. The first kappa shape index (κ1) is 35.0. The summed E-state index contributed by atoms with van der Waals surface area (Å²) in [6, 6.07) is 18.3. The summed E-state index contributed by atoms with van der Waals surface area (Å²) in [6.45, 7) is 5.16. The van der Waals surface area contributed by atoms with Gasteiger partial charge < -0.3 is 9.47 Å². The van der Waals surface area contributed by atoms with Crippen LogP contribution in [-0.2, 0) is 20.3 Å². The van der Waals surface area contributed by atoms with Crippen LogP contribution in [0.2, 0.25) is 5.02 Å². The van der Waals surface area contributed by atoms with Gasteiger partial charge in [0, 0.05) is 31.2 Å². The number of para-hydroxylation sites is 2. The molecule has 4 aromatic rings. The maximum atomic E-state index is 15.1. The van der Waals surface area contributed by atoms with Gasteiger partial charge in [-0.25, -0.2) is 22.2 Å². The number of aromatic nitrogens is 2. The van der Waals surface area contributed by atoms with Crippen molar-refractivity contribution in [2.24, 2.45) is 0 Å². The number of carbonyl (C=O) groups excluding carboxylic acids is 1. The smallest absolute Gasteiger partial charge is 0.263 e. The third-order valence-corrected chi connectivity index (χ3v) is 12.9. The molecule has 3 atom stereocenters. The predicted molar refractivity (Wildman–Crippen MR) is 187 cm³/mol. The average molecular weight is 726 g/mol. The molecule has 1 N–H and O–H groups in total. The highest BCUT2D eigenvalue weighted by Gasteiger charge is 2.44. The number of rotatable bonds is 10. The third kappa shape index (κ3) is 6.45. The number of fused-ring (bicyclic) bond motifs is 3. The van der Waals surface area contributed by atoms with Crippen LogP contribution in [0.5, 0.6) is 0 Å². The first-order valence-corrected chi connectivity index (χ1v) is 19.2. The highest BCUT2D eigenvalue weighted by molar-refractivity contribution is 7.89. The summed E-state index contributed by atoms with van der Waals surface area (Å²) >= 11 is 6.40. The first-order chi connectivity index (χ1) is 24.0. The summed E-state index contributed by atoms with van der Waals surface area (Å²) in [4.78, 5) is 29.1. The predicted octanol–water partition coefficient (Wildman–Crippen LogP) is 6.94. The van der Waals surface area contributed by atoms with Gasteiger partial charge in [-0.2, -0.15) is 0 Å². The van der Waals surface area contributed by atoms with E-state index >= 15 is 4.39 Å². The van der Waals surface area contributed by atoms with E-state index < -0.39 is 42.6 Å². The van der Waals surface area contributed by atoms with Crippen LogP contribution < -0.4 is 4.89 Å². The van der Waals surface area contributed by atoms with Crippen molar-refractivity contribution in [2.75, 3.05) is 26.2 Å². The number of piperidine rings is 2. The van der Waals surface area contributed by atoms with E-state index in [0.717, 1.165) is 67.7 Å². The molecule has 3 saturated heterocycles. The number of likely N-dealkylation sites (tertiary alicyclic amines) is 1. The molecule has 1 aromatic heterocycles. The highest BCUT2D eigenvalue weighted by Crippen LogP contribution is 2.45. The molecule has 50 heavy (non-hydrogen) atoms. The van der Waals surface area contributed by atoms with E-state index in [-0.39, 0.29) is 25.5 Å². The molecule has 1 amide bonds. The van der Waals surface area contributed by atoms with E-state index in [4.69, 9.17) is 21.4 Å². The fourth-order valence-electron chi connectivity index (χ4n) is 8.71. The van der Waals surface area contributed by atoms with E-state index in [9.17, 15) is 17.6 Å². The lowest BCUT2D eigenvalue weighted by atomic mass is 9.70. The number of nitrogens with zero attached hydrogens (tertiary/aromatic N) is 4. The molecule has 0 saturated carbocycles. The minimum absolute atomic E-state index is 0.0624. The third-order valence-electron chi connectivity index (χ3n) is 11.2. The number of halogens is 3. The van der Waals surface area contributed by atoms with E-state index in [1.54, 1.807) is 19.1 Å². The normalized spacial score (nSPS) is 22.3. The first-order valence-electron chi connectivity index (χ1n) is 17.4. The van der Waals surface area contributed by atoms with Gasteiger partial charge in [0.1, 0.15) is 22.4 Å². The van der Waals surface area contributed by atoms with Crippen LogP contribution in [0, 0.1) is 18.6 Å². The van der Waals surface area contributed by atoms with Crippen LogP contribution in [-0.4, -0.2) is 72.0 Å². The molecule has 0 radical (unpaired) electrons. The number of amides is 1. The lowest BCUT2D eigenvalue weighted by molar-refractivity contribution is 0.0602. The van der Waals surface area contributed by atoms with E-state index in [2.05, 4.69) is 34.6 Å².